The number of nitrogens with one attached hydrogen (secondary N) is 2. The van der Waals surface area contributed by atoms with E-state index >= 15 is 0 Å². The van der Waals surface area contributed by atoms with Gasteiger partial charge in [-0.15, -0.1) is 11.6 Å². The zero-order valence-corrected chi connectivity index (χ0v) is 91.4. The summed E-state index contributed by atoms with van der Waals surface area (Å²) in [7, 11) is 0. The van der Waals surface area contributed by atoms with Crippen molar-refractivity contribution in [1.29, 1.82) is 0 Å². The summed E-state index contributed by atoms with van der Waals surface area (Å²) in [5, 5.41) is 32.5. The molecule has 147 heavy (non-hydrogen) atoms. The Morgan fingerprint density at radius 2 is 0.735 bits per heavy atom. The van der Waals surface area contributed by atoms with Gasteiger partial charge in [0.1, 0.15) is 67.4 Å². The van der Waals surface area contributed by atoms with E-state index in [0.717, 1.165) is 175 Å². The second kappa shape index (κ2) is 58.2. The van der Waals surface area contributed by atoms with Crippen LogP contribution in [-0.4, -0.2) is 159 Å². The van der Waals surface area contributed by atoms with Gasteiger partial charge in [-0.3, -0.25) is 71.9 Å². The minimum absolute atomic E-state index is 0.0201. The van der Waals surface area contributed by atoms with Crippen LogP contribution in [-0.2, 0) is 133 Å². The Morgan fingerprint density at radius 3 is 1.10 bits per heavy atom. The van der Waals surface area contributed by atoms with Gasteiger partial charge in [0.15, 0.2) is 11.6 Å². The van der Waals surface area contributed by atoms with E-state index in [9.17, 15) is 82.2 Å². The lowest BCUT2D eigenvalue weighted by Gasteiger charge is -2.17. The van der Waals surface area contributed by atoms with E-state index in [0.29, 0.717) is 109 Å². The van der Waals surface area contributed by atoms with E-state index in [4.69, 9.17) is 77.0 Å². The molecule has 0 saturated heterocycles. The quantitative estimate of drug-likeness (QED) is 0.00927. The minimum atomic E-state index is -0.919. The average Bonchev–Trinajstić information content (AvgIpc) is 1.62. The van der Waals surface area contributed by atoms with Crippen LogP contribution in [0.4, 0.5) is 11.4 Å². The first-order valence-electron chi connectivity index (χ1n) is 48.0. The van der Waals surface area contributed by atoms with Crippen molar-refractivity contribution in [3.05, 3.63) is 222 Å². The fourth-order valence-corrected chi connectivity index (χ4v) is 21.9. The molecule has 2 amide bonds. The van der Waals surface area contributed by atoms with Crippen LogP contribution in [0.2, 0.25) is 20.1 Å². The van der Waals surface area contributed by atoms with Gasteiger partial charge in [-0.05, 0) is 261 Å². The predicted octanol–water partition coefficient (Wildman–Crippen LogP) is 23.7. The number of benzene rings is 6. The van der Waals surface area contributed by atoms with Gasteiger partial charge in [-0.2, -0.15) is 0 Å². The Labute approximate surface area is 896 Å². The fourth-order valence-electron chi connectivity index (χ4n) is 17.1. The van der Waals surface area contributed by atoms with Crippen molar-refractivity contribution < 1.29 is 101 Å². The summed E-state index contributed by atoms with van der Waals surface area (Å²) < 4.78 is 29.8. The van der Waals surface area contributed by atoms with Crippen molar-refractivity contribution in [3.8, 4) is 0 Å². The summed E-state index contributed by atoms with van der Waals surface area (Å²) >= 11 is 35.1. The molecule has 5 aliphatic rings. The molecule has 0 unspecified atom stereocenters. The molecular weight excluding hydrogens is 2060 g/mol. The first-order valence-corrected chi connectivity index (χ1v) is 53.3. The number of ketones is 8. The van der Waals surface area contributed by atoms with Crippen LogP contribution in [0.5, 0.6) is 0 Å². The van der Waals surface area contributed by atoms with Crippen molar-refractivity contribution in [2.24, 2.45) is 11.1 Å². The number of carbonyl (C=O) groups excluding carboxylic acids is 14. The van der Waals surface area contributed by atoms with Crippen LogP contribution in [0.25, 0.3) is 21.8 Å². The van der Waals surface area contributed by atoms with Gasteiger partial charge in [-0.1, -0.05) is 111 Å². The number of hydrogen-bond donors (Lipinski definition) is 4. The topological polar surface area (TPSA) is 394 Å². The smallest absolute Gasteiger partial charge is 0.325 e. The van der Waals surface area contributed by atoms with Crippen LogP contribution in [0.3, 0.4) is 0 Å². The van der Waals surface area contributed by atoms with Gasteiger partial charge in [0, 0.05) is 185 Å². The van der Waals surface area contributed by atoms with Gasteiger partial charge in [-0.25, -0.2) is 0 Å². The third kappa shape index (κ3) is 34.1. The number of aromatic nitrogens is 5. The van der Waals surface area contributed by atoms with Crippen molar-refractivity contribution >= 4 is 232 Å². The zero-order chi connectivity index (χ0) is 108. The number of rotatable bonds is 27. The summed E-state index contributed by atoms with van der Waals surface area (Å²) in [4.78, 5) is 178. The van der Waals surface area contributed by atoms with E-state index in [1.54, 1.807) is 67.5 Å². The van der Waals surface area contributed by atoms with Crippen LogP contribution in [0.15, 0.2) is 184 Å². The predicted molar refractivity (Wildman–Crippen MR) is 574 cm³/mol. The second-order valence-corrected chi connectivity index (χ2v) is 41.0. The number of amides is 2. The highest BCUT2D eigenvalue weighted by Crippen LogP contribution is 2.47. The van der Waals surface area contributed by atoms with E-state index in [2.05, 4.69) is 15.8 Å². The number of carboxylic acids is 1. The molecule has 6 aromatic carbocycles. The summed E-state index contributed by atoms with van der Waals surface area (Å²) in [5.74, 6) is -2.39. The third-order valence-corrected chi connectivity index (χ3v) is 29.9. The molecule has 29 nitrogen and oxygen atoms in total. The highest BCUT2D eigenvalue weighted by Gasteiger charge is 2.35. The van der Waals surface area contributed by atoms with Gasteiger partial charge in [0.05, 0.1) is 78.3 Å². The average molecular weight is 2180 g/mol. The molecule has 38 heteroatoms. The van der Waals surface area contributed by atoms with Crippen LogP contribution >= 0.6 is 105 Å². The number of nitrogens with zero attached hydrogens (tertiary/aromatic N) is 6. The molecule has 11 aromatic rings. The first-order chi connectivity index (χ1) is 70.1. The number of aryl methyl sites for hydroxylation is 1. The molecular formula is C109H121Cl5N8O21S4. The number of esters is 4. The van der Waals surface area contributed by atoms with Gasteiger partial charge < -0.3 is 62.7 Å². The number of oxime groups is 1. The molecule has 0 radical (unpaired) electrons. The Hall–Kier alpha value is -11.8. The van der Waals surface area contributed by atoms with Crippen LogP contribution in [0, 0.1) is 40.5 Å². The van der Waals surface area contributed by atoms with Crippen molar-refractivity contribution in [1.82, 2.24) is 22.8 Å². The number of Topliss-reactive ketones (excluding diaryl/α,β-unsaturated/α-hetero) is 8. The standard InChI is InChI=1S/C21H21ClN2O3S.C19H17ClN2O3S.C19H21ClN2O3S.C19H20ClNO3S.C13H17NO3.C9H12O3.C6H8O2.C3H5ClO/c1-4-27-19(26)12-24-13(2)21(28-16-10-8-15(22)9-11-16)20-17(23-14(3)25)6-5-7-18(20)24;1-11-19(26-14-8-6-13(20)7-9-14)18-15(21-12(2)23)4-3-5-16(18)22(11)10-17(24)25;1-3-25-17(23)11-22-12(2)19(26-14-9-7-13(20)8-10-14)18-15(21-24)5-4-6-16(18)22;1-3-24-17(23)11-21-12(2)19(18-15(21)5-4-6-16(18)22)25-14-9-7-13(20)8-10-14;1-3-17-13(16)8-14-9(2)7-10-11(14)5-4-6-12(10)15;1-6(10)5-7-8(11)3-2-4-9(7)12;7-5-2-1-3-6(8)4-5;1-3(5)2-4/h5-11H,4,12H2,1-3H3,(H,23,25);3-9H,10H2,1-2H3,(H,21,23)(H,24,25);7-10,24H,3-6,11H2,1-2H3;7-10H,3-6,11H2,1-2H3;7H,3-6,8H2,1-2H3;7H,2-5H2,1H3;1-4H2;2H2,1H3/b;;21-15+;;;;;. The highest BCUT2D eigenvalue weighted by atomic mass is 35.5. The number of carbonyl (C=O) groups is 15. The molecule has 0 bridgehead atoms. The maximum absolute atomic E-state index is 12.6. The normalized spacial score (nSPS) is 13.7. The lowest BCUT2D eigenvalue weighted by Crippen LogP contribution is -2.30. The Balaban J connectivity index is 0.000000194. The Bertz CT molecular complexity index is 6670. The molecule has 782 valence electrons. The summed E-state index contributed by atoms with van der Waals surface area (Å²) in [6.45, 7) is 24.6. The molecule has 0 atom stereocenters. The van der Waals surface area contributed by atoms with Crippen molar-refractivity contribution in [2.75, 3.05) is 42.9 Å². The number of hydrogen-bond acceptors (Lipinski definition) is 25. The van der Waals surface area contributed by atoms with E-state index in [1.807, 2.05) is 192 Å². The van der Waals surface area contributed by atoms with E-state index in [1.165, 1.54) is 39.5 Å². The summed E-state index contributed by atoms with van der Waals surface area (Å²) in [6, 6.07) is 43.2. The van der Waals surface area contributed by atoms with Crippen LogP contribution < -0.4 is 10.6 Å². The minimum Gasteiger partial charge on any atom is -0.480 e. The number of alkyl halides is 1. The molecule has 2 saturated carbocycles. The number of halogens is 5. The number of fused-ring (bicyclic) bond motifs is 5. The number of anilines is 2. The molecule has 2 fully saturated rings. The lowest BCUT2D eigenvalue weighted by molar-refractivity contribution is -0.144. The van der Waals surface area contributed by atoms with Crippen molar-refractivity contribution in [3.63, 3.8) is 0 Å². The second-order valence-electron chi connectivity index (χ2n) is 34.6. The SMILES string of the molecule is CC(=O)CC1C(=O)CCCC1=O.CC(=O)CCl.CC(=O)Nc1cccc2c1c(Sc1ccc(Cl)cc1)c(C)n2CC(=O)O.CCOC(=O)Cn1c(C)c(Sc2ccc(Cl)cc2)c2c(NC(C)=O)cccc21.CCOC(=O)Cn1c(C)c(Sc2ccc(Cl)cc2)c2c1CCC/C2=N\O.CCOC(=O)Cn1c(C)c(Sc2ccc(Cl)cc2)c2c1CCCC2=O.CCOC(=O)Cn1c(C)cc2c1CCCC2=O.O=C1CCCC(=O)C1. The monoisotopic (exact) mass is 2180 g/mol. The lowest BCUT2D eigenvalue weighted by atomic mass is 9.84. The molecule has 5 heterocycles. The molecule has 5 aromatic heterocycles. The molecule has 0 aliphatic heterocycles. The van der Waals surface area contributed by atoms with Gasteiger partial charge in [0.25, 0.3) is 0 Å². The molecule has 16 rings (SSSR count). The number of carboxylic acid groups (broad SMARTS) is 1. The van der Waals surface area contributed by atoms with Crippen LogP contribution in [0.1, 0.15) is 217 Å². The Kier molecular flexibility index (Phi) is 47.1. The summed E-state index contributed by atoms with van der Waals surface area (Å²) in [5.41, 5.74) is 13.8. The highest BCUT2D eigenvalue weighted by molar-refractivity contribution is 8.00. The fraction of sp³-hybridized carbons (Fsp3) is 0.376. The maximum Gasteiger partial charge on any atom is 0.325 e. The van der Waals surface area contributed by atoms with Crippen molar-refractivity contribution in [2.45, 2.75) is 271 Å². The molecule has 4 N–H and O–H groups in total. The molecule has 5 aliphatic carbocycles. The van der Waals surface area contributed by atoms with Gasteiger partial charge in [0.2, 0.25) is 11.8 Å². The number of aliphatic carboxylic acids is 1. The first kappa shape index (κ1) is 119. The maximum atomic E-state index is 12.6. The summed E-state index contributed by atoms with van der Waals surface area (Å²) in [6.07, 6.45) is 10.9. The number of ether oxygens (including phenoxy) is 4. The third-order valence-electron chi connectivity index (χ3n) is 23.6. The Morgan fingerprint density at radius 1 is 0.401 bits per heavy atom. The van der Waals surface area contributed by atoms with Gasteiger partial charge >= 0.3 is 29.8 Å². The zero-order valence-electron chi connectivity index (χ0n) is 84.3. The molecule has 0 spiro atoms. The largest absolute Gasteiger partial charge is 0.480 e. The van der Waals surface area contributed by atoms with E-state index in [-0.39, 0.29) is 133 Å². The van der Waals surface area contributed by atoms with E-state index < -0.39 is 11.9 Å².